The van der Waals surface area contributed by atoms with Crippen molar-refractivity contribution in [3.63, 3.8) is 0 Å². The number of carbonyl (C=O) groups is 5. The number of aliphatic hydroxyl groups excluding tert-OH is 3. The maximum absolute atomic E-state index is 17.2. The minimum atomic E-state index is -2.30. The van der Waals surface area contributed by atoms with Crippen molar-refractivity contribution in [3.8, 4) is 0 Å². The molecule has 17 atom stereocenters. The molecule has 10 nitrogen and oxygen atoms in total. The van der Waals surface area contributed by atoms with Crippen LogP contribution in [0.15, 0.2) is 47.6 Å². The predicted octanol–water partition coefficient (Wildman–Crippen LogP) is 6.33. The van der Waals surface area contributed by atoms with Crippen molar-refractivity contribution in [2.24, 2.45) is 57.2 Å². The van der Waals surface area contributed by atoms with Crippen molar-refractivity contribution in [1.29, 1.82) is 0 Å². The van der Waals surface area contributed by atoms with E-state index >= 15 is 13.2 Å². The molecule has 8 rings (SSSR count). The van der Waals surface area contributed by atoms with Gasteiger partial charge in [0.05, 0.1) is 12.2 Å². The lowest BCUT2D eigenvalue weighted by molar-refractivity contribution is -0.228. The molecule has 342 valence electrons. The van der Waals surface area contributed by atoms with Crippen molar-refractivity contribution >= 4 is 40.2 Å². The Labute approximate surface area is 364 Å². The number of hydrogen-bond acceptors (Lipinski definition) is 11. The van der Waals surface area contributed by atoms with Gasteiger partial charge in [-0.3, -0.25) is 24.0 Å². The lowest BCUT2D eigenvalue weighted by Gasteiger charge is -2.63. The molecule has 0 heterocycles. The number of allylic oxidation sites excluding steroid dienone is 8. The van der Waals surface area contributed by atoms with E-state index < -0.39 is 127 Å². The van der Waals surface area contributed by atoms with Gasteiger partial charge in [-0.25, -0.2) is 17.6 Å². The fourth-order valence-electron chi connectivity index (χ4n) is 14.9. The van der Waals surface area contributed by atoms with Gasteiger partial charge < -0.3 is 25.2 Å². The number of rotatable bonds is 6. The quantitative estimate of drug-likeness (QED) is 0.173. The van der Waals surface area contributed by atoms with Crippen LogP contribution in [0.4, 0.5) is 17.6 Å². The molecule has 0 radical (unpaired) electrons. The Bertz CT molecular complexity index is 2070. The summed E-state index contributed by atoms with van der Waals surface area (Å²) in [4.78, 5) is 62.2. The van der Waals surface area contributed by atoms with Crippen molar-refractivity contribution in [2.45, 2.75) is 141 Å². The summed E-state index contributed by atoms with van der Waals surface area (Å²) in [6.45, 7) is 10.9. The molecule has 8 aliphatic rings. The number of Topliss-reactive ketones (excluding diaryl/α,β-unsaturated/α-hetero) is 1. The fourth-order valence-corrected chi connectivity index (χ4v) is 15.7. The van der Waals surface area contributed by atoms with Gasteiger partial charge in [-0.1, -0.05) is 52.3 Å². The minimum Gasteiger partial charge on any atom is -0.449 e. The van der Waals surface area contributed by atoms with Crippen LogP contribution in [-0.4, -0.2) is 102 Å². The first kappa shape index (κ1) is 47.0. The van der Waals surface area contributed by atoms with Crippen LogP contribution in [0.5, 0.6) is 0 Å². The van der Waals surface area contributed by atoms with Crippen molar-refractivity contribution < 1.29 is 66.7 Å². The Hall–Kier alpha value is -2.98. The summed E-state index contributed by atoms with van der Waals surface area (Å²) in [6, 6.07) is -1.02. The Balaban J connectivity index is 0.000000190. The minimum absolute atomic E-state index is 0.0141. The third-order valence-corrected chi connectivity index (χ3v) is 18.7. The molecule has 0 bridgehead atoms. The van der Waals surface area contributed by atoms with Gasteiger partial charge in [-0.15, -0.1) is 0 Å². The van der Waals surface area contributed by atoms with Crippen LogP contribution in [0.1, 0.15) is 99.8 Å². The number of halogens is 4. The van der Waals surface area contributed by atoms with Crippen LogP contribution < -0.4 is 0 Å². The average Bonchev–Trinajstić information content (AvgIpc) is 3.56. The summed E-state index contributed by atoms with van der Waals surface area (Å²) in [6.07, 6.45) is 4.60. The lowest BCUT2D eigenvalue weighted by atomic mass is 9.44. The first-order valence-electron chi connectivity index (χ1n) is 21.9. The molecule has 4 N–H and O–H groups in total. The summed E-state index contributed by atoms with van der Waals surface area (Å²) < 4.78 is 68.7. The molecular weight excluding hydrogens is 833 g/mol. The number of ether oxygens (including phenoxy) is 1. The second kappa shape index (κ2) is 15.3. The Morgan fingerprint density at radius 2 is 1.37 bits per heavy atom. The SMILES string of the molecule is CCC(=O)O[C@]1(C(=O)SCF)[C@H](C)C[C@H]2C3C[C@H](F)C4=CC(=O)C=C[C@]4(C)[C@@]3(F)[C@@H](O)C[C@@]21C.C[C@@H]1C[C@H]2[C@@H]3CCC4=CC(=O)C=C[C@]4(C)[C@@]3(F)[C@@H](O)C[C@]2(C)[C@@]1(O)C(=O)CO. The highest BCUT2D eigenvalue weighted by Gasteiger charge is 2.79. The Kier molecular flexibility index (Phi) is 11.6. The first-order valence-corrected chi connectivity index (χ1v) is 22.9. The first-order chi connectivity index (χ1) is 28.8. The number of ketones is 3. The molecule has 1 unspecified atom stereocenters. The Morgan fingerprint density at radius 3 is 1.97 bits per heavy atom. The molecule has 6 saturated carbocycles. The molecule has 0 aromatic carbocycles. The highest BCUT2D eigenvalue weighted by Crippen LogP contribution is 2.73. The summed E-state index contributed by atoms with van der Waals surface area (Å²) >= 11 is 0.396. The van der Waals surface area contributed by atoms with Crippen molar-refractivity contribution in [2.75, 3.05) is 12.6 Å². The fraction of sp³-hybridized carbons (Fsp3) is 0.723. The maximum Gasteiger partial charge on any atom is 0.306 e. The third-order valence-electron chi connectivity index (χ3n) is 18.0. The number of fused-ring (bicyclic) bond motifs is 10. The van der Waals surface area contributed by atoms with Crippen molar-refractivity contribution in [1.82, 2.24) is 0 Å². The van der Waals surface area contributed by atoms with Gasteiger partial charge in [-0.2, -0.15) is 0 Å². The summed E-state index contributed by atoms with van der Waals surface area (Å²) in [5.41, 5.74) is -12.0. The number of thioether (sulfide) groups is 1. The molecule has 62 heavy (non-hydrogen) atoms. The van der Waals surface area contributed by atoms with Crippen molar-refractivity contribution in [3.05, 3.63) is 47.6 Å². The van der Waals surface area contributed by atoms with Gasteiger partial charge in [0.25, 0.3) is 0 Å². The van der Waals surface area contributed by atoms with Crippen LogP contribution >= 0.6 is 11.8 Å². The van der Waals surface area contributed by atoms with Gasteiger partial charge in [0.1, 0.15) is 24.4 Å². The van der Waals surface area contributed by atoms with Crippen LogP contribution in [0.3, 0.4) is 0 Å². The van der Waals surface area contributed by atoms with Gasteiger partial charge >= 0.3 is 5.97 Å². The standard InChI is InChI=1S/C25H31F3O5S.C22H29FO5/c1-5-20(31)33-25(21(32)34-12-26)13(2)8-15-16-10-18(27)17-9-14(29)6-7-22(17,3)24(16,28)19(30)11-23(15,25)4;1-12-8-16-15-5-4-13-9-14(25)6-7-19(13,2)21(15,23)17(26)10-20(16,3)22(12,28)18(27)11-24/h6-7,9,13,15-16,18-19,30H,5,8,10-12H2,1-4H3;6-7,9,12,15-17,24,26,28H,4-5,8,10-11H2,1-3H3/t13-,15+,16?,18+,19+,22+,23+,24+,25+;12-,15+,16+,17+,19+,20+,21+,22+/m11/s1. The van der Waals surface area contributed by atoms with E-state index in [1.54, 1.807) is 47.6 Å². The van der Waals surface area contributed by atoms with Gasteiger partial charge in [0.15, 0.2) is 34.3 Å². The molecule has 0 aliphatic heterocycles. The molecule has 6 fully saturated rings. The molecule has 0 aromatic heterocycles. The topological polar surface area (TPSA) is 176 Å². The lowest BCUT2D eigenvalue weighted by Crippen LogP contribution is -2.70. The van der Waals surface area contributed by atoms with Gasteiger partial charge in [0.2, 0.25) is 5.12 Å². The van der Waals surface area contributed by atoms with E-state index in [0.717, 1.165) is 6.08 Å². The molecule has 8 aliphatic carbocycles. The summed E-state index contributed by atoms with van der Waals surface area (Å²) in [7, 11) is 0. The molecular formula is C47H60F4O10S. The molecule has 15 heteroatoms. The normalized spacial score (nSPS) is 49.7. The summed E-state index contributed by atoms with van der Waals surface area (Å²) in [5.74, 6) is -5.42. The zero-order chi connectivity index (χ0) is 46.0. The van der Waals surface area contributed by atoms with Gasteiger partial charge in [-0.05, 0) is 118 Å². The van der Waals surface area contributed by atoms with E-state index in [4.69, 9.17) is 4.74 Å². The van der Waals surface area contributed by atoms with E-state index in [0.29, 0.717) is 36.6 Å². The van der Waals surface area contributed by atoms with E-state index in [9.17, 15) is 48.8 Å². The van der Waals surface area contributed by atoms with E-state index in [1.165, 1.54) is 31.2 Å². The van der Waals surface area contributed by atoms with Crippen LogP contribution in [0.25, 0.3) is 0 Å². The number of aliphatic hydroxyl groups is 4. The second-order valence-electron chi connectivity index (χ2n) is 20.3. The van der Waals surface area contributed by atoms with E-state index in [2.05, 4.69) is 0 Å². The third kappa shape index (κ3) is 5.78. The highest BCUT2D eigenvalue weighted by atomic mass is 32.2. The van der Waals surface area contributed by atoms with Crippen LogP contribution in [0.2, 0.25) is 0 Å². The molecule has 0 amide bonds. The largest absolute Gasteiger partial charge is 0.449 e. The molecule has 0 saturated heterocycles. The van der Waals surface area contributed by atoms with E-state index in [1.807, 2.05) is 0 Å². The second-order valence-corrected chi connectivity index (χ2v) is 21.2. The Morgan fingerprint density at radius 1 is 0.823 bits per heavy atom. The molecule has 0 aromatic rings. The number of carbonyl (C=O) groups excluding carboxylic acids is 5. The van der Waals surface area contributed by atoms with E-state index in [-0.39, 0.29) is 49.4 Å². The zero-order valence-electron chi connectivity index (χ0n) is 36.4. The van der Waals surface area contributed by atoms with Gasteiger partial charge in [0, 0.05) is 45.8 Å². The van der Waals surface area contributed by atoms with Crippen LogP contribution in [-0.2, 0) is 28.7 Å². The zero-order valence-corrected chi connectivity index (χ0v) is 37.2. The summed E-state index contributed by atoms with van der Waals surface area (Å²) in [5, 5.41) is 42.7. The predicted molar refractivity (Wildman–Crippen MR) is 221 cm³/mol. The highest BCUT2D eigenvalue weighted by molar-refractivity contribution is 8.13. The average molecular weight is 893 g/mol. The maximum atomic E-state index is 17.2. The number of hydrogen-bond donors (Lipinski definition) is 4. The van der Waals surface area contributed by atoms with Crippen LogP contribution in [0, 0.1) is 57.2 Å². The smallest absolute Gasteiger partial charge is 0.306 e. The number of esters is 1. The molecule has 0 spiro atoms. The monoisotopic (exact) mass is 892 g/mol. The number of alkyl halides is 4.